The molecule has 0 aliphatic carbocycles. The molecule has 1 aliphatic rings. The summed E-state index contributed by atoms with van der Waals surface area (Å²) in [6, 6.07) is 0. The first-order valence-corrected chi connectivity index (χ1v) is 8.21. The molecule has 0 aromatic carbocycles. The summed E-state index contributed by atoms with van der Waals surface area (Å²) in [5.41, 5.74) is 3.34. The minimum absolute atomic E-state index is 0.275. The normalized spacial score (nSPS) is 27.7. The van der Waals surface area contributed by atoms with Gasteiger partial charge in [0.25, 0.3) is 0 Å². The van der Waals surface area contributed by atoms with E-state index in [1.54, 1.807) is 0 Å². The highest BCUT2D eigenvalue weighted by Crippen LogP contribution is 2.25. The number of epoxide rings is 1. The summed E-state index contributed by atoms with van der Waals surface area (Å²) in [6.45, 7) is 8.97. The van der Waals surface area contributed by atoms with E-state index in [1.165, 1.54) is 12.8 Å². The molecule has 1 nitrogen and oxygen atoms in total. The van der Waals surface area contributed by atoms with Crippen molar-refractivity contribution in [1.29, 1.82) is 0 Å². The molecule has 0 spiro atoms. The molecule has 2 atom stereocenters. The van der Waals surface area contributed by atoms with Gasteiger partial charge in [-0.25, -0.2) is 0 Å². The summed E-state index contributed by atoms with van der Waals surface area (Å²) < 4.78 is 5.40. The van der Waals surface area contributed by atoms with Crippen molar-refractivity contribution in [3.05, 3.63) is 0 Å². The van der Waals surface area contributed by atoms with Crippen LogP contribution in [0.1, 0.15) is 19.8 Å². The van der Waals surface area contributed by atoms with Crippen molar-refractivity contribution in [1.82, 2.24) is 0 Å². The molecule has 1 aliphatic heterocycles. The lowest BCUT2D eigenvalue weighted by molar-refractivity contribution is 0.380. The molecule has 0 saturated carbocycles. The molecule has 0 radical (unpaired) electrons. The van der Waals surface area contributed by atoms with Crippen molar-refractivity contribution in [3.8, 4) is 11.5 Å². The molecule has 1 saturated heterocycles. The van der Waals surface area contributed by atoms with Gasteiger partial charge in [-0.2, -0.15) is 0 Å². The maximum atomic E-state index is 5.40. The van der Waals surface area contributed by atoms with Crippen LogP contribution in [0.5, 0.6) is 0 Å². The first kappa shape index (κ1) is 9.82. The maximum absolute atomic E-state index is 5.40. The maximum Gasteiger partial charge on any atom is 0.144 e. The molecule has 0 bridgehead atoms. The van der Waals surface area contributed by atoms with Gasteiger partial charge < -0.3 is 4.74 Å². The van der Waals surface area contributed by atoms with Crippen LogP contribution in [0.4, 0.5) is 0 Å². The second-order valence-electron chi connectivity index (χ2n) is 4.40. The van der Waals surface area contributed by atoms with Crippen molar-refractivity contribution < 1.29 is 4.74 Å². The van der Waals surface area contributed by atoms with Crippen LogP contribution in [-0.4, -0.2) is 20.3 Å². The van der Waals surface area contributed by atoms with Crippen molar-refractivity contribution in [2.45, 2.75) is 51.6 Å². The second kappa shape index (κ2) is 3.63. The van der Waals surface area contributed by atoms with Gasteiger partial charge in [-0.05, 0) is 6.42 Å². The van der Waals surface area contributed by atoms with Gasteiger partial charge in [-0.1, -0.05) is 38.9 Å². The summed E-state index contributed by atoms with van der Waals surface area (Å²) in [6.07, 6.45) is 3.11. The van der Waals surface area contributed by atoms with E-state index in [0.717, 1.165) is 0 Å². The van der Waals surface area contributed by atoms with Crippen LogP contribution in [0, 0.1) is 11.5 Å². The van der Waals surface area contributed by atoms with E-state index >= 15 is 0 Å². The molecule has 12 heavy (non-hydrogen) atoms. The Hall–Kier alpha value is -0.263. The third-order valence-corrected chi connectivity index (χ3v) is 2.64. The van der Waals surface area contributed by atoms with E-state index in [4.69, 9.17) is 4.74 Å². The Labute approximate surface area is 76.5 Å². The van der Waals surface area contributed by atoms with Crippen LogP contribution < -0.4 is 0 Å². The van der Waals surface area contributed by atoms with Gasteiger partial charge in [0, 0.05) is 0 Å². The molecule has 2 heteroatoms. The first-order chi connectivity index (χ1) is 5.53. The van der Waals surface area contributed by atoms with Crippen molar-refractivity contribution in [2.24, 2.45) is 0 Å². The van der Waals surface area contributed by atoms with Gasteiger partial charge in [0.2, 0.25) is 0 Å². The summed E-state index contributed by atoms with van der Waals surface area (Å²) in [5, 5.41) is 0. The Balaban J connectivity index is 2.30. The highest BCUT2D eigenvalue weighted by atomic mass is 28.3. The predicted octanol–water partition coefficient (Wildman–Crippen LogP) is 2.43. The van der Waals surface area contributed by atoms with Crippen molar-refractivity contribution in [3.63, 3.8) is 0 Å². The minimum Gasteiger partial charge on any atom is -0.356 e. The SMILES string of the molecule is CCC[C@H]1O[C@@H]1C#C[Si](C)(C)C. The zero-order valence-corrected chi connectivity index (χ0v) is 9.48. The van der Waals surface area contributed by atoms with Crippen LogP contribution in [0.15, 0.2) is 0 Å². The molecule has 0 aromatic rings. The summed E-state index contributed by atoms with van der Waals surface area (Å²) in [4.78, 5) is 0. The lowest BCUT2D eigenvalue weighted by atomic mass is 10.2. The Bertz CT molecular complexity index is 206. The quantitative estimate of drug-likeness (QED) is 0.363. The lowest BCUT2D eigenvalue weighted by Crippen LogP contribution is -2.16. The fourth-order valence-electron chi connectivity index (χ4n) is 1.06. The Morgan fingerprint density at radius 1 is 1.33 bits per heavy atom. The zero-order chi connectivity index (χ0) is 9.19. The molecule has 0 N–H and O–H groups in total. The number of hydrogen-bond acceptors (Lipinski definition) is 1. The average Bonchev–Trinajstić information content (AvgIpc) is 2.63. The molecule has 68 valence electrons. The zero-order valence-electron chi connectivity index (χ0n) is 8.48. The Kier molecular flexibility index (Phi) is 2.97. The summed E-state index contributed by atoms with van der Waals surface area (Å²) >= 11 is 0. The van der Waals surface area contributed by atoms with Gasteiger partial charge in [0.15, 0.2) is 0 Å². The van der Waals surface area contributed by atoms with E-state index in [9.17, 15) is 0 Å². The molecule has 0 unspecified atom stereocenters. The second-order valence-corrected chi connectivity index (χ2v) is 9.15. The van der Waals surface area contributed by atoms with Gasteiger partial charge in [-0.15, -0.1) is 5.54 Å². The van der Waals surface area contributed by atoms with Gasteiger partial charge >= 0.3 is 0 Å². The van der Waals surface area contributed by atoms with Gasteiger partial charge in [0.1, 0.15) is 14.2 Å². The van der Waals surface area contributed by atoms with Gasteiger partial charge in [0.05, 0.1) is 6.10 Å². The molecule has 1 fully saturated rings. The lowest BCUT2D eigenvalue weighted by Gasteiger charge is -2.02. The molecular formula is C10H18OSi. The standard InChI is InChI=1S/C10H18OSi/c1-5-6-9-10(11-9)7-8-12(2,3)4/h9-10H,5-6H2,1-4H3/t9-,10-/m1/s1. The van der Waals surface area contributed by atoms with Crippen LogP contribution in [0.25, 0.3) is 0 Å². The number of ether oxygens (including phenoxy) is 1. The van der Waals surface area contributed by atoms with Crippen molar-refractivity contribution in [2.75, 3.05) is 0 Å². The van der Waals surface area contributed by atoms with Crippen LogP contribution in [0.2, 0.25) is 19.6 Å². The van der Waals surface area contributed by atoms with E-state index < -0.39 is 8.07 Å². The number of rotatable bonds is 2. The molecule has 0 aromatic heterocycles. The minimum atomic E-state index is -1.17. The van der Waals surface area contributed by atoms with Gasteiger partial charge in [-0.3, -0.25) is 0 Å². The van der Waals surface area contributed by atoms with E-state index in [-0.39, 0.29) is 6.10 Å². The number of hydrogen-bond donors (Lipinski definition) is 0. The fourth-order valence-corrected chi connectivity index (χ4v) is 1.64. The third-order valence-electron chi connectivity index (χ3n) is 1.75. The summed E-state index contributed by atoms with van der Waals surface area (Å²) in [5.74, 6) is 3.22. The highest BCUT2D eigenvalue weighted by Gasteiger charge is 2.36. The Morgan fingerprint density at radius 2 is 2.00 bits per heavy atom. The topological polar surface area (TPSA) is 12.5 Å². The molecule has 0 amide bonds. The third kappa shape index (κ3) is 3.42. The monoisotopic (exact) mass is 182 g/mol. The van der Waals surface area contributed by atoms with Crippen molar-refractivity contribution >= 4 is 8.07 Å². The highest BCUT2D eigenvalue weighted by molar-refractivity contribution is 6.83. The Morgan fingerprint density at radius 3 is 2.50 bits per heavy atom. The average molecular weight is 182 g/mol. The molecule has 1 rings (SSSR count). The first-order valence-electron chi connectivity index (χ1n) is 4.71. The smallest absolute Gasteiger partial charge is 0.144 e. The fraction of sp³-hybridized carbons (Fsp3) is 0.800. The van der Waals surface area contributed by atoms with Crippen LogP contribution in [-0.2, 0) is 4.74 Å². The molecule has 1 heterocycles. The van der Waals surface area contributed by atoms with E-state index in [1.807, 2.05) is 0 Å². The van der Waals surface area contributed by atoms with Crippen LogP contribution >= 0.6 is 0 Å². The van der Waals surface area contributed by atoms with E-state index in [2.05, 4.69) is 38.0 Å². The largest absolute Gasteiger partial charge is 0.356 e. The molecular weight excluding hydrogens is 164 g/mol. The van der Waals surface area contributed by atoms with Crippen LogP contribution in [0.3, 0.4) is 0 Å². The predicted molar refractivity (Wildman–Crippen MR) is 54.7 cm³/mol. The summed E-state index contributed by atoms with van der Waals surface area (Å²) in [7, 11) is -1.17. The van der Waals surface area contributed by atoms with E-state index in [0.29, 0.717) is 6.10 Å².